The van der Waals surface area contributed by atoms with Crippen LogP contribution in [0.1, 0.15) is 17.5 Å². The summed E-state index contributed by atoms with van der Waals surface area (Å²) in [5.74, 6) is -0.558. The Balaban J connectivity index is 1.62. The number of carbonyl (C=O) groups excluding carboxylic acids is 3. The molecular weight excluding hydrogens is 374 g/mol. The van der Waals surface area contributed by atoms with E-state index in [0.717, 1.165) is 17.3 Å². The number of rotatable bonds is 5. The van der Waals surface area contributed by atoms with Crippen molar-refractivity contribution in [3.05, 3.63) is 69.6 Å². The Hall–Kier alpha value is -2.57. The van der Waals surface area contributed by atoms with Crippen LogP contribution in [0.4, 0.5) is 4.79 Å². The number of halogens is 1. The fourth-order valence-electron chi connectivity index (χ4n) is 2.33. The third-order valence-corrected chi connectivity index (χ3v) is 4.69. The van der Waals surface area contributed by atoms with Crippen LogP contribution in [0.15, 0.2) is 53.4 Å². The predicted octanol–water partition coefficient (Wildman–Crippen LogP) is 4.20. The van der Waals surface area contributed by atoms with Crippen molar-refractivity contribution in [3.63, 3.8) is 0 Å². The first-order valence-corrected chi connectivity index (χ1v) is 9.00. The highest BCUT2D eigenvalue weighted by Crippen LogP contribution is 2.30. The van der Waals surface area contributed by atoms with E-state index in [4.69, 9.17) is 16.3 Å². The number of benzene rings is 2. The van der Waals surface area contributed by atoms with Gasteiger partial charge >= 0.3 is 5.97 Å². The van der Waals surface area contributed by atoms with E-state index in [1.807, 2.05) is 30.3 Å². The minimum absolute atomic E-state index is 0.241. The van der Waals surface area contributed by atoms with Gasteiger partial charge in [-0.3, -0.25) is 19.7 Å². The molecule has 0 saturated carbocycles. The normalized spacial score (nSPS) is 15.2. The largest absolute Gasteiger partial charge is 0.425 e. The molecule has 1 fully saturated rings. The van der Waals surface area contributed by atoms with Gasteiger partial charge < -0.3 is 4.74 Å². The summed E-state index contributed by atoms with van der Waals surface area (Å²) >= 11 is 6.99. The van der Waals surface area contributed by atoms with Crippen LogP contribution in [0.3, 0.4) is 0 Å². The fraction of sp³-hybridized carbons (Fsp3) is 0.105. The average Bonchev–Trinajstić information content (AvgIpc) is 2.93. The lowest BCUT2D eigenvalue weighted by molar-refractivity contribution is -0.134. The maximum atomic E-state index is 12.0. The van der Waals surface area contributed by atoms with Crippen molar-refractivity contribution in [2.45, 2.75) is 12.8 Å². The Morgan fingerprint density at radius 2 is 1.92 bits per heavy atom. The van der Waals surface area contributed by atoms with Gasteiger partial charge in [-0.1, -0.05) is 48.0 Å². The summed E-state index contributed by atoms with van der Waals surface area (Å²) in [5.41, 5.74) is 1.69. The molecule has 3 rings (SSSR count). The second-order valence-electron chi connectivity index (χ2n) is 5.50. The van der Waals surface area contributed by atoms with Gasteiger partial charge in [0.2, 0.25) is 0 Å². The number of nitrogens with one attached hydrogen (secondary N) is 1. The molecule has 0 bridgehead atoms. The lowest BCUT2D eigenvalue weighted by Crippen LogP contribution is -2.17. The van der Waals surface area contributed by atoms with Crippen LogP contribution in [0.2, 0.25) is 5.02 Å². The summed E-state index contributed by atoms with van der Waals surface area (Å²) < 4.78 is 5.30. The molecule has 0 aromatic heterocycles. The molecule has 132 valence electrons. The van der Waals surface area contributed by atoms with Crippen LogP contribution in [-0.4, -0.2) is 17.1 Å². The summed E-state index contributed by atoms with van der Waals surface area (Å²) in [6, 6.07) is 14.5. The molecule has 5 nitrogen and oxygen atoms in total. The highest BCUT2D eigenvalue weighted by molar-refractivity contribution is 8.18. The van der Waals surface area contributed by atoms with Crippen molar-refractivity contribution in [3.8, 4) is 5.75 Å². The molecule has 1 saturated heterocycles. The van der Waals surface area contributed by atoms with Gasteiger partial charge in [0.1, 0.15) is 5.75 Å². The lowest BCUT2D eigenvalue weighted by Gasteiger charge is -2.07. The first-order valence-electron chi connectivity index (χ1n) is 7.80. The molecule has 1 aliphatic heterocycles. The zero-order chi connectivity index (χ0) is 18.5. The van der Waals surface area contributed by atoms with E-state index in [9.17, 15) is 14.4 Å². The smallest absolute Gasteiger partial charge is 0.311 e. The molecule has 2 aromatic carbocycles. The summed E-state index contributed by atoms with van der Waals surface area (Å²) in [5, 5.41) is 2.03. The van der Waals surface area contributed by atoms with Crippen LogP contribution in [0.5, 0.6) is 5.75 Å². The molecule has 0 spiro atoms. The van der Waals surface area contributed by atoms with E-state index >= 15 is 0 Å². The molecule has 0 radical (unpaired) electrons. The monoisotopic (exact) mass is 387 g/mol. The Morgan fingerprint density at radius 1 is 1.15 bits per heavy atom. The number of hydrogen-bond donors (Lipinski definition) is 1. The first-order chi connectivity index (χ1) is 12.5. The molecule has 0 atom stereocenters. The van der Waals surface area contributed by atoms with Crippen LogP contribution in [0, 0.1) is 0 Å². The van der Waals surface area contributed by atoms with Gasteiger partial charge in [0, 0.05) is 6.42 Å². The quantitative estimate of drug-likeness (QED) is 0.473. The van der Waals surface area contributed by atoms with Gasteiger partial charge in [0.25, 0.3) is 11.1 Å². The van der Waals surface area contributed by atoms with Gasteiger partial charge in [-0.15, -0.1) is 0 Å². The third kappa shape index (κ3) is 4.74. The number of carbonyl (C=O) groups is 3. The zero-order valence-electron chi connectivity index (χ0n) is 13.5. The van der Waals surface area contributed by atoms with E-state index in [2.05, 4.69) is 5.32 Å². The number of imide groups is 1. The molecule has 1 aliphatic rings. The molecule has 7 heteroatoms. The van der Waals surface area contributed by atoms with Crippen molar-refractivity contribution < 1.29 is 19.1 Å². The second-order valence-corrected chi connectivity index (χ2v) is 6.92. The van der Waals surface area contributed by atoms with Crippen LogP contribution in [0.25, 0.3) is 6.08 Å². The second kappa shape index (κ2) is 8.21. The summed E-state index contributed by atoms with van der Waals surface area (Å²) in [7, 11) is 0. The van der Waals surface area contributed by atoms with Gasteiger partial charge in [0.15, 0.2) is 0 Å². The van der Waals surface area contributed by atoms with Crippen molar-refractivity contribution >= 4 is 46.6 Å². The van der Waals surface area contributed by atoms with Crippen molar-refractivity contribution in [2.75, 3.05) is 0 Å². The summed E-state index contributed by atoms with van der Waals surface area (Å²) in [6.45, 7) is 0. The van der Waals surface area contributed by atoms with Crippen LogP contribution in [-0.2, 0) is 16.0 Å². The number of aryl methyl sites for hydroxylation is 1. The molecular formula is C19H14ClNO4S. The van der Waals surface area contributed by atoms with Crippen molar-refractivity contribution in [2.24, 2.45) is 0 Å². The maximum absolute atomic E-state index is 12.0. The van der Waals surface area contributed by atoms with Gasteiger partial charge in [-0.05, 0) is 47.5 Å². The maximum Gasteiger partial charge on any atom is 0.311 e. The van der Waals surface area contributed by atoms with E-state index < -0.39 is 11.1 Å². The van der Waals surface area contributed by atoms with Crippen molar-refractivity contribution in [1.29, 1.82) is 0 Å². The molecule has 2 amide bonds. The topological polar surface area (TPSA) is 72.5 Å². The van der Waals surface area contributed by atoms with Crippen molar-refractivity contribution in [1.82, 2.24) is 5.32 Å². The Labute approximate surface area is 159 Å². The van der Waals surface area contributed by atoms with Gasteiger partial charge in [-0.2, -0.15) is 0 Å². The van der Waals surface area contributed by atoms with E-state index in [0.29, 0.717) is 16.9 Å². The minimum Gasteiger partial charge on any atom is -0.425 e. The third-order valence-electron chi connectivity index (χ3n) is 3.58. The summed E-state index contributed by atoms with van der Waals surface area (Å²) in [4.78, 5) is 35.0. The fourth-order valence-corrected chi connectivity index (χ4v) is 3.24. The SMILES string of the molecule is O=C(CCc1ccccc1)Oc1ccc(/C=C2\SC(=O)NC2=O)cc1Cl. The van der Waals surface area contributed by atoms with E-state index in [1.165, 1.54) is 0 Å². The molecule has 0 aliphatic carbocycles. The highest BCUT2D eigenvalue weighted by atomic mass is 35.5. The summed E-state index contributed by atoms with van der Waals surface area (Å²) in [6.07, 6.45) is 2.38. The van der Waals surface area contributed by atoms with Crippen LogP contribution >= 0.6 is 23.4 Å². The van der Waals surface area contributed by atoms with E-state index in [1.54, 1.807) is 24.3 Å². The Morgan fingerprint density at radius 3 is 2.58 bits per heavy atom. The minimum atomic E-state index is -0.437. The number of amides is 2. The number of thioether (sulfide) groups is 1. The average molecular weight is 388 g/mol. The molecule has 2 aromatic rings. The number of ether oxygens (including phenoxy) is 1. The molecule has 0 unspecified atom stereocenters. The molecule has 26 heavy (non-hydrogen) atoms. The Bertz CT molecular complexity index is 896. The molecule has 1 heterocycles. The van der Waals surface area contributed by atoms with Gasteiger partial charge in [0.05, 0.1) is 9.93 Å². The Kier molecular flexibility index (Phi) is 5.75. The molecule has 1 N–H and O–H groups in total. The number of hydrogen-bond acceptors (Lipinski definition) is 5. The lowest BCUT2D eigenvalue weighted by atomic mass is 10.1. The standard InChI is InChI=1S/C19H14ClNO4S/c20-14-10-13(11-16-18(23)21-19(24)26-16)6-8-15(14)25-17(22)9-7-12-4-2-1-3-5-12/h1-6,8,10-11H,7,9H2,(H,21,23,24)/b16-11-. The zero-order valence-corrected chi connectivity index (χ0v) is 15.1. The van der Waals surface area contributed by atoms with Gasteiger partial charge in [-0.25, -0.2) is 0 Å². The highest BCUT2D eigenvalue weighted by Gasteiger charge is 2.25. The van der Waals surface area contributed by atoms with E-state index in [-0.39, 0.29) is 23.2 Å². The number of esters is 1. The first kappa shape index (κ1) is 18.2. The van der Waals surface area contributed by atoms with Crippen LogP contribution < -0.4 is 10.1 Å². The predicted molar refractivity (Wildman–Crippen MR) is 101 cm³/mol.